The van der Waals surface area contributed by atoms with Gasteiger partial charge in [0.15, 0.2) is 5.13 Å². The van der Waals surface area contributed by atoms with Gasteiger partial charge in [-0.2, -0.15) is 0 Å². The molecule has 3 nitrogen and oxygen atoms in total. The molecule has 0 aliphatic heterocycles. The number of nitrogens with one attached hydrogen (secondary N) is 1. The summed E-state index contributed by atoms with van der Waals surface area (Å²) in [6, 6.07) is 0. The average molecular weight is 238 g/mol. The van der Waals surface area contributed by atoms with Gasteiger partial charge in [-0.05, 0) is 32.1 Å². The van der Waals surface area contributed by atoms with Crippen molar-refractivity contribution in [1.29, 1.82) is 0 Å². The predicted molar refractivity (Wildman–Crippen MR) is 66.8 cm³/mol. The molecule has 0 saturated carbocycles. The van der Waals surface area contributed by atoms with E-state index in [0.29, 0.717) is 0 Å². The first-order valence-corrected chi connectivity index (χ1v) is 6.81. The van der Waals surface area contributed by atoms with Crippen LogP contribution in [0.2, 0.25) is 0 Å². The molecule has 0 bridgehead atoms. The van der Waals surface area contributed by atoms with Crippen LogP contribution in [0.1, 0.15) is 43.7 Å². The topological polar surface area (TPSA) is 42.0 Å². The van der Waals surface area contributed by atoms with Gasteiger partial charge < -0.3 is 5.32 Å². The van der Waals surface area contributed by atoms with Gasteiger partial charge in [0, 0.05) is 10.8 Å². The van der Waals surface area contributed by atoms with E-state index in [9.17, 15) is 4.79 Å². The summed E-state index contributed by atoms with van der Waals surface area (Å²) in [5, 5.41) is 3.71. The van der Waals surface area contributed by atoms with Crippen molar-refractivity contribution in [2.75, 3.05) is 5.32 Å². The van der Waals surface area contributed by atoms with Crippen molar-refractivity contribution < 1.29 is 4.79 Å². The molecule has 1 heterocycles. The molecule has 0 radical (unpaired) electrons. The molecular formula is C12H18N2OS. The molecular weight excluding hydrogens is 220 g/mol. The van der Waals surface area contributed by atoms with Crippen LogP contribution in [0.25, 0.3) is 0 Å². The molecule has 1 amide bonds. The fraction of sp³-hybridized carbons (Fsp3) is 0.667. The van der Waals surface area contributed by atoms with Gasteiger partial charge in [-0.1, -0.05) is 13.8 Å². The first-order chi connectivity index (χ1) is 7.70. The van der Waals surface area contributed by atoms with Crippen LogP contribution >= 0.6 is 11.3 Å². The van der Waals surface area contributed by atoms with Crippen LogP contribution in [-0.4, -0.2) is 10.9 Å². The quantitative estimate of drug-likeness (QED) is 0.879. The Labute approximate surface area is 100 Å². The molecule has 0 aromatic carbocycles. The lowest BCUT2D eigenvalue weighted by molar-refractivity contribution is -0.119. The molecule has 4 heteroatoms. The number of hydrogen-bond donors (Lipinski definition) is 1. The molecule has 0 fully saturated rings. The standard InChI is InChI=1S/C12H18N2OS/c1-3-8(2)11(15)14-12-13-9-6-4-5-7-10(9)16-12/h8H,3-7H2,1-2H3,(H,13,14,15). The van der Waals surface area contributed by atoms with Crippen molar-refractivity contribution in [2.24, 2.45) is 5.92 Å². The molecule has 2 rings (SSSR count). The van der Waals surface area contributed by atoms with Crippen molar-refractivity contribution in [2.45, 2.75) is 46.0 Å². The van der Waals surface area contributed by atoms with Crippen LogP contribution in [0, 0.1) is 5.92 Å². The Hall–Kier alpha value is -0.900. The second kappa shape index (κ2) is 4.95. The Morgan fingerprint density at radius 3 is 2.94 bits per heavy atom. The number of carbonyl (C=O) groups excluding carboxylic acids is 1. The monoisotopic (exact) mass is 238 g/mol. The summed E-state index contributed by atoms with van der Waals surface area (Å²) in [5.74, 6) is 0.162. The smallest absolute Gasteiger partial charge is 0.228 e. The van der Waals surface area contributed by atoms with Crippen LogP contribution in [0.3, 0.4) is 0 Å². The van der Waals surface area contributed by atoms with E-state index in [1.807, 2.05) is 13.8 Å². The summed E-state index contributed by atoms with van der Waals surface area (Å²) >= 11 is 1.65. The van der Waals surface area contributed by atoms with E-state index in [1.54, 1.807) is 11.3 Å². The maximum atomic E-state index is 11.7. The van der Waals surface area contributed by atoms with Crippen LogP contribution < -0.4 is 5.32 Å². The molecule has 0 saturated heterocycles. The number of hydrogen-bond acceptors (Lipinski definition) is 3. The summed E-state index contributed by atoms with van der Waals surface area (Å²) in [6.07, 6.45) is 5.57. The zero-order valence-electron chi connectivity index (χ0n) is 9.88. The molecule has 1 N–H and O–H groups in total. The van der Waals surface area contributed by atoms with E-state index in [-0.39, 0.29) is 11.8 Å². The van der Waals surface area contributed by atoms with Crippen molar-refractivity contribution in [1.82, 2.24) is 4.98 Å². The van der Waals surface area contributed by atoms with Crippen molar-refractivity contribution in [3.63, 3.8) is 0 Å². The van der Waals surface area contributed by atoms with Gasteiger partial charge in [-0.15, -0.1) is 11.3 Å². The first kappa shape index (κ1) is 11.6. The zero-order valence-corrected chi connectivity index (χ0v) is 10.7. The summed E-state index contributed by atoms with van der Waals surface area (Å²) in [7, 11) is 0. The average Bonchev–Trinajstić information content (AvgIpc) is 2.69. The number of nitrogens with zero attached hydrogens (tertiary/aromatic N) is 1. The Morgan fingerprint density at radius 1 is 1.50 bits per heavy atom. The summed E-state index contributed by atoms with van der Waals surface area (Å²) in [4.78, 5) is 17.6. The Morgan fingerprint density at radius 2 is 2.25 bits per heavy atom. The minimum absolute atomic E-state index is 0.0703. The van der Waals surface area contributed by atoms with E-state index < -0.39 is 0 Å². The first-order valence-electron chi connectivity index (χ1n) is 6.00. The van der Waals surface area contributed by atoms with Crippen molar-refractivity contribution in [3.8, 4) is 0 Å². The third-order valence-electron chi connectivity index (χ3n) is 3.14. The maximum Gasteiger partial charge on any atom is 0.228 e. The van der Waals surface area contributed by atoms with Gasteiger partial charge in [-0.3, -0.25) is 4.79 Å². The molecule has 0 spiro atoms. The fourth-order valence-corrected chi connectivity index (χ4v) is 2.87. The number of aromatic nitrogens is 1. The normalized spacial score (nSPS) is 16.6. The van der Waals surface area contributed by atoms with Gasteiger partial charge >= 0.3 is 0 Å². The molecule has 1 aromatic heterocycles. The number of thiazole rings is 1. The number of amides is 1. The Bertz CT molecular complexity index is 363. The van der Waals surface area contributed by atoms with E-state index in [2.05, 4.69) is 10.3 Å². The van der Waals surface area contributed by atoms with E-state index in [1.165, 1.54) is 23.4 Å². The second-order valence-electron chi connectivity index (χ2n) is 4.39. The van der Waals surface area contributed by atoms with E-state index in [0.717, 1.165) is 24.4 Å². The number of fused-ring (bicyclic) bond motifs is 1. The molecule has 1 unspecified atom stereocenters. The minimum Gasteiger partial charge on any atom is -0.302 e. The highest BCUT2D eigenvalue weighted by Crippen LogP contribution is 2.29. The van der Waals surface area contributed by atoms with E-state index >= 15 is 0 Å². The van der Waals surface area contributed by atoms with Crippen molar-refractivity contribution >= 4 is 22.4 Å². The van der Waals surface area contributed by atoms with Crippen molar-refractivity contribution in [3.05, 3.63) is 10.6 Å². The summed E-state index contributed by atoms with van der Waals surface area (Å²) in [6.45, 7) is 3.97. The molecule has 1 aromatic rings. The maximum absolute atomic E-state index is 11.7. The third-order valence-corrected chi connectivity index (χ3v) is 4.21. The number of anilines is 1. The summed E-state index contributed by atoms with van der Waals surface area (Å²) < 4.78 is 0. The van der Waals surface area contributed by atoms with Gasteiger partial charge in [0.1, 0.15) is 0 Å². The molecule has 16 heavy (non-hydrogen) atoms. The van der Waals surface area contributed by atoms with Gasteiger partial charge in [0.05, 0.1) is 5.69 Å². The molecule has 1 aliphatic carbocycles. The van der Waals surface area contributed by atoms with E-state index in [4.69, 9.17) is 0 Å². The highest BCUT2D eigenvalue weighted by Gasteiger charge is 2.17. The lowest BCUT2D eigenvalue weighted by Gasteiger charge is -2.06. The highest BCUT2D eigenvalue weighted by atomic mass is 32.1. The lowest BCUT2D eigenvalue weighted by atomic mass is 10.0. The molecule has 1 aliphatic rings. The minimum atomic E-state index is 0.0703. The Kier molecular flexibility index (Phi) is 3.59. The van der Waals surface area contributed by atoms with Gasteiger partial charge in [0.25, 0.3) is 0 Å². The van der Waals surface area contributed by atoms with Gasteiger partial charge in [-0.25, -0.2) is 4.98 Å². The largest absolute Gasteiger partial charge is 0.302 e. The van der Waals surface area contributed by atoms with Crippen LogP contribution in [0.5, 0.6) is 0 Å². The lowest BCUT2D eigenvalue weighted by Crippen LogP contribution is -2.19. The van der Waals surface area contributed by atoms with Gasteiger partial charge in [0.2, 0.25) is 5.91 Å². The second-order valence-corrected chi connectivity index (χ2v) is 5.48. The number of aryl methyl sites for hydroxylation is 2. The molecule has 88 valence electrons. The van der Waals surface area contributed by atoms with Crippen LogP contribution in [-0.2, 0) is 17.6 Å². The zero-order chi connectivity index (χ0) is 11.5. The highest BCUT2D eigenvalue weighted by molar-refractivity contribution is 7.15. The van der Waals surface area contributed by atoms with Crippen LogP contribution in [0.15, 0.2) is 0 Å². The molecule has 1 atom stereocenters. The summed E-state index contributed by atoms with van der Waals surface area (Å²) in [5.41, 5.74) is 1.20. The number of carbonyl (C=O) groups is 1. The SMILES string of the molecule is CCC(C)C(=O)Nc1nc2c(s1)CCCC2. The predicted octanol–water partition coefficient (Wildman–Crippen LogP) is 3.01. The number of rotatable bonds is 3. The Balaban J connectivity index is 2.05. The fourth-order valence-electron chi connectivity index (χ4n) is 1.82. The van der Waals surface area contributed by atoms with Crippen LogP contribution in [0.4, 0.5) is 5.13 Å². The third kappa shape index (κ3) is 2.43.